The highest BCUT2D eigenvalue weighted by Gasteiger charge is 2.22. The van der Waals surface area contributed by atoms with Crippen molar-refractivity contribution in [2.45, 2.75) is 155 Å². The Hall–Kier alpha value is -7.84. The molecule has 0 saturated heterocycles. The number of hydrogen-bond acceptors (Lipinski definition) is 2. The lowest BCUT2D eigenvalue weighted by Gasteiger charge is -2.07. The maximum atomic E-state index is 5.69. The van der Waals surface area contributed by atoms with Gasteiger partial charge in [-0.05, 0) is 150 Å². The molecule has 7 aromatic heterocycles. The summed E-state index contributed by atoms with van der Waals surface area (Å²) in [6, 6.07) is 26.7. The highest BCUT2D eigenvalue weighted by molar-refractivity contribution is 5.99. The topological polar surface area (TPSA) is 72.9 Å². The van der Waals surface area contributed by atoms with Crippen LogP contribution in [0.25, 0.3) is 90.9 Å². The van der Waals surface area contributed by atoms with Crippen LogP contribution in [0.1, 0.15) is 151 Å². The molecule has 8 heteroatoms. The zero-order valence-electron chi connectivity index (χ0n) is 47.6. The second-order valence-electron chi connectivity index (χ2n) is 21.8. The summed E-state index contributed by atoms with van der Waals surface area (Å²) in [7, 11) is 0. The molecule has 0 aliphatic carbocycles. The third-order valence-corrected chi connectivity index (χ3v) is 15.6. The van der Waals surface area contributed by atoms with Crippen LogP contribution in [0.2, 0.25) is 0 Å². The molecule has 8 bridgehead atoms. The number of aryl methyl sites for hydroxylation is 4. The Bertz CT molecular complexity index is 3010. The lowest BCUT2D eigenvalue weighted by Crippen LogP contribution is -2.32. The Kier molecular flexibility index (Phi) is 21.3. The van der Waals surface area contributed by atoms with Gasteiger partial charge < -0.3 is 9.97 Å². The maximum Gasteiger partial charge on any atom is 0.176 e. The van der Waals surface area contributed by atoms with Crippen molar-refractivity contribution in [3.8, 4) is 44.5 Å². The number of fused-ring (bicyclic) bond motifs is 8. The van der Waals surface area contributed by atoms with E-state index in [1.54, 1.807) is 0 Å². The van der Waals surface area contributed by atoms with E-state index in [0.717, 1.165) is 167 Å². The number of nitrogens with zero attached hydrogens (tertiary/aromatic N) is 6. The predicted molar refractivity (Wildman–Crippen MR) is 335 cm³/mol. The van der Waals surface area contributed by atoms with Crippen LogP contribution < -0.4 is 18.3 Å². The van der Waals surface area contributed by atoms with Crippen molar-refractivity contribution >= 4 is 46.4 Å². The van der Waals surface area contributed by atoms with Crippen molar-refractivity contribution in [3.63, 3.8) is 0 Å². The smallest absolute Gasteiger partial charge is 0.176 e. The highest BCUT2D eigenvalue weighted by Crippen LogP contribution is 2.38. The second-order valence-corrected chi connectivity index (χ2v) is 21.8. The number of pyridine rings is 4. The van der Waals surface area contributed by atoms with Crippen LogP contribution in [0, 0.1) is 0 Å². The molecule has 0 fully saturated rings. The van der Waals surface area contributed by atoms with Gasteiger partial charge in [0.15, 0.2) is 49.6 Å². The first kappa shape index (κ1) is 56.9. The van der Waals surface area contributed by atoms with Gasteiger partial charge in [0.05, 0.1) is 22.8 Å². The van der Waals surface area contributed by atoms with Crippen LogP contribution in [0.5, 0.6) is 0 Å². The molecule has 410 valence electrons. The van der Waals surface area contributed by atoms with E-state index in [-0.39, 0.29) is 0 Å². The van der Waals surface area contributed by atoms with E-state index in [2.05, 4.69) is 201 Å². The summed E-state index contributed by atoms with van der Waals surface area (Å²) >= 11 is 0. The average molecular weight is 1060 g/mol. The van der Waals surface area contributed by atoms with Crippen LogP contribution in [-0.4, -0.2) is 19.9 Å². The highest BCUT2D eigenvalue weighted by atomic mass is 14.9. The van der Waals surface area contributed by atoms with Gasteiger partial charge in [0, 0.05) is 117 Å². The quantitative estimate of drug-likeness (QED) is 0.0251. The van der Waals surface area contributed by atoms with Crippen molar-refractivity contribution in [1.29, 1.82) is 0 Å². The summed E-state index contributed by atoms with van der Waals surface area (Å²) in [4.78, 5) is 19.4. The molecule has 0 radical (unpaired) electrons. The molecule has 80 heavy (non-hydrogen) atoms. The lowest BCUT2D eigenvalue weighted by molar-refractivity contribution is -0.697. The minimum absolute atomic E-state index is 0.915. The second kappa shape index (κ2) is 29.9. The Morgan fingerprint density at radius 2 is 0.550 bits per heavy atom. The fourth-order valence-corrected chi connectivity index (χ4v) is 11.4. The summed E-state index contributed by atoms with van der Waals surface area (Å²) in [6.07, 6.45) is 58.3. The molecule has 7 aromatic rings. The maximum absolute atomic E-state index is 5.69. The zero-order chi connectivity index (χ0) is 55.1. The Morgan fingerprint density at radius 3 is 0.787 bits per heavy atom. The average Bonchev–Trinajstić information content (AvgIpc) is 4.35. The monoisotopic (exact) mass is 1060 g/mol. The molecule has 8 nitrogen and oxygen atoms in total. The summed E-state index contributed by atoms with van der Waals surface area (Å²) < 4.78 is 9.41. The van der Waals surface area contributed by atoms with Gasteiger partial charge >= 0.3 is 0 Å². The van der Waals surface area contributed by atoms with Gasteiger partial charge in [0.1, 0.15) is 26.2 Å². The van der Waals surface area contributed by atoms with Gasteiger partial charge in [-0.25, -0.2) is 28.2 Å². The number of allylic oxidation sites excluding steroid dienone is 4. The first-order valence-electron chi connectivity index (χ1n) is 30.1. The number of nitrogens with one attached hydrogen (secondary N) is 2. The SMILES string of the molecule is C=CCCCCCC[n+]1cccc(-c2c3nc(c(-c4ccc[n+](CCCCCCC=C)c4)c4ccc([nH]4)c(-c4ccc[n+](CCCCCCC=C)c4)c4nc(c(-c5ccc[n+](CCCCCCC=C)c5)c5ccc2[nH]5)C=C4)C=C3)c1. The van der Waals surface area contributed by atoms with Crippen molar-refractivity contribution in [3.05, 3.63) is 196 Å². The van der Waals surface area contributed by atoms with Gasteiger partial charge in [0.25, 0.3) is 0 Å². The van der Waals surface area contributed by atoms with Crippen LogP contribution in [0.3, 0.4) is 0 Å². The first-order valence-corrected chi connectivity index (χ1v) is 30.1. The van der Waals surface area contributed by atoms with Gasteiger partial charge in [-0.1, -0.05) is 50.0 Å². The van der Waals surface area contributed by atoms with Crippen LogP contribution >= 0.6 is 0 Å². The van der Waals surface area contributed by atoms with E-state index in [1.165, 1.54) is 77.0 Å². The molecule has 2 aliphatic heterocycles. The molecule has 9 heterocycles. The summed E-state index contributed by atoms with van der Waals surface area (Å²) in [6.45, 7) is 19.5. The molecule has 0 amide bonds. The minimum atomic E-state index is 0.915. The molecule has 2 aliphatic rings. The van der Waals surface area contributed by atoms with Crippen LogP contribution in [0.4, 0.5) is 0 Å². The fraction of sp³-hybridized carbons (Fsp3) is 0.333. The lowest BCUT2D eigenvalue weighted by atomic mass is 10.1. The summed E-state index contributed by atoms with van der Waals surface area (Å²) in [5.41, 5.74) is 16.3. The third kappa shape index (κ3) is 15.3. The van der Waals surface area contributed by atoms with E-state index < -0.39 is 0 Å². The largest absolute Gasteiger partial charge is 0.354 e. The van der Waals surface area contributed by atoms with E-state index >= 15 is 0 Å². The van der Waals surface area contributed by atoms with Gasteiger partial charge in [0.2, 0.25) is 0 Å². The molecule has 0 unspecified atom stereocenters. The van der Waals surface area contributed by atoms with E-state index in [4.69, 9.17) is 9.97 Å². The predicted octanol–water partition coefficient (Wildman–Crippen LogP) is 17.0. The zero-order valence-corrected chi connectivity index (χ0v) is 47.6. The van der Waals surface area contributed by atoms with Crippen molar-refractivity contribution in [2.75, 3.05) is 0 Å². The van der Waals surface area contributed by atoms with Gasteiger partial charge in [-0.3, -0.25) is 0 Å². The molecule has 0 aromatic carbocycles. The Balaban J connectivity index is 1.26. The molecule has 9 rings (SSSR count). The van der Waals surface area contributed by atoms with E-state index in [0.29, 0.717) is 0 Å². The molecule has 0 saturated carbocycles. The van der Waals surface area contributed by atoms with Crippen LogP contribution in [0.15, 0.2) is 173 Å². The minimum Gasteiger partial charge on any atom is -0.354 e. The number of H-pyrrole nitrogens is 2. The Morgan fingerprint density at radius 1 is 0.312 bits per heavy atom. The van der Waals surface area contributed by atoms with E-state index in [1.807, 2.05) is 24.3 Å². The molecule has 2 N–H and O–H groups in total. The van der Waals surface area contributed by atoms with Crippen LogP contribution in [-0.2, 0) is 26.2 Å². The molecule has 0 spiro atoms. The van der Waals surface area contributed by atoms with E-state index in [9.17, 15) is 0 Å². The summed E-state index contributed by atoms with van der Waals surface area (Å²) in [5, 5.41) is 0. The molecular formula is C72H86N8+4. The van der Waals surface area contributed by atoms with Crippen molar-refractivity contribution in [2.24, 2.45) is 0 Å². The summed E-state index contributed by atoms with van der Waals surface area (Å²) in [5.74, 6) is 0. The van der Waals surface area contributed by atoms with Gasteiger partial charge in [-0.15, -0.1) is 26.3 Å². The standard InChI is InChI=1S/C72H86N8/c1-5-9-13-17-21-25-45-77-49-29-33-57(53-77)69-61-37-39-63(73-61)70(58-34-30-50-78(54-58)46-26-22-18-14-10-6-2)65-41-43-67(75-65)72(60-36-32-52-80(56-60)48-28-24-20-16-12-8-4)68-44-42-66(76-68)71(64-40-38-62(69)74-64)59-35-31-51-79(55-59)47-27-23-19-15-11-7-3/h5-8,29-44,49-56,73,76H,1-4,9-28,45-48H2/q+4. The van der Waals surface area contributed by atoms with Gasteiger partial charge in [-0.2, -0.15) is 0 Å². The third-order valence-electron chi connectivity index (χ3n) is 15.6. The molecular weight excluding hydrogens is 977 g/mol. The number of aromatic amines is 2. The van der Waals surface area contributed by atoms with Crippen molar-refractivity contribution in [1.82, 2.24) is 19.9 Å². The normalized spacial score (nSPS) is 11.8. The van der Waals surface area contributed by atoms with Crippen molar-refractivity contribution < 1.29 is 18.3 Å². The first-order chi connectivity index (χ1) is 39.5. The number of hydrogen-bond donors (Lipinski definition) is 2. The Labute approximate surface area is 477 Å². The number of rotatable bonds is 32. The molecule has 0 atom stereocenters. The number of aromatic nitrogens is 8. The number of unbranched alkanes of at least 4 members (excludes halogenated alkanes) is 16. The fourth-order valence-electron chi connectivity index (χ4n) is 11.4.